The molecule has 1 fully saturated rings. The molecule has 0 aromatic carbocycles. The minimum Gasteiger partial charge on any atom is -0.462 e. The van der Waals surface area contributed by atoms with E-state index in [9.17, 15) is 4.79 Å². The highest BCUT2D eigenvalue weighted by molar-refractivity contribution is 5.81. The van der Waals surface area contributed by atoms with Crippen LogP contribution in [-0.4, -0.2) is 12.6 Å². The van der Waals surface area contributed by atoms with Gasteiger partial charge in [-0.15, -0.1) is 0 Å². The summed E-state index contributed by atoms with van der Waals surface area (Å²) in [6.45, 7) is 6.16. The zero-order chi connectivity index (χ0) is 9.68. The highest BCUT2D eigenvalue weighted by Crippen LogP contribution is 2.33. The molecule has 0 saturated heterocycles. The summed E-state index contributed by atoms with van der Waals surface area (Å²) in [6, 6.07) is 0. The number of hydrogen-bond acceptors (Lipinski definition) is 2. The van der Waals surface area contributed by atoms with Crippen LogP contribution in [0.2, 0.25) is 0 Å². The van der Waals surface area contributed by atoms with Crippen LogP contribution in [0.25, 0.3) is 0 Å². The lowest BCUT2D eigenvalue weighted by Crippen LogP contribution is -2.16. The van der Waals surface area contributed by atoms with Crippen LogP contribution in [0, 0.1) is 11.8 Å². The lowest BCUT2D eigenvalue weighted by atomic mass is 9.95. The van der Waals surface area contributed by atoms with Crippen molar-refractivity contribution in [3.8, 4) is 0 Å². The Bertz CT molecular complexity index is 187. The molecule has 0 N–H and O–H groups in total. The van der Waals surface area contributed by atoms with Crippen LogP contribution in [0.15, 0.2) is 12.7 Å². The van der Waals surface area contributed by atoms with Crippen molar-refractivity contribution in [1.82, 2.24) is 0 Å². The van der Waals surface area contributed by atoms with E-state index >= 15 is 0 Å². The van der Waals surface area contributed by atoms with Gasteiger partial charge in [0.2, 0.25) is 0 Å². The van der Waals surface area contributed by atoms with E-state index in [4.69, 9.17) is 4.74 Å². The summed E-state index contributed by atoms with van der Waals surface area (Å²) >= 11 is 0. The Morgan fingerprint density at radius 1 is 1.54 bits per heavy atom. The maximum Gasteiger partial charge on any atom is 0.330 e. The molecule has 0 aliphatic heterocycles. The van der Waals surface area contributed by atoms with E-state index in [1.165, 1.54) is 31.8 Å². The number of hydrogen-bond donors (Lipinski definition) is 0. The number of carbonyl (C=O) groups is 1. The molecule has 0 heterocycles. The fraction of sp³-hybridized carbons (Fsp3) is 0.727. The average molecular weight is 182 g/mol. The highest BCUT2D eigenvalue weighted by Gasteiger charge is 2.26. The second-order valence-electron chi connectivity index (χ2n) is 3.69. The highest BCUT2D eigenvalue weighted by atomic mass is 16.5. The van der Waals surface area contributed by atoms with E-state index in [1.54, 1.807) is 0 Å². The molecule has 2 atom stereocenters. The van der Waals surface area contributed by atoms with Crippen LogP contribution in [0.1, 0.15) is 32.6 Å². The van der Waals surface area contributed by atoms with Gasteiger partial charge in [0.15, 0.2) is 0 Å². The summed E-state index contributed by atoms with van der Waals surface area (Å²) in [5, 5.41) is 0. The van der Waals surface area contributed by atoms with E-state index in [0.717, 1.165) is 5.92 Å². The van der Waals surface area contributed by atoms with Crippen LogP contribution >= 0.6 is 0 Å². The maximum absolute atomic E-state index is 10.8. The van der Waals surface area contributed by atoms with Crippen LogP contribution in [0.5, 0.6) is 0 Å². The number of carbonyl (C=O) groups excluding carboxylic acids is 1. The van der Waals surface area contributed by atoms with Crippen molar-refractivity contribution in [2.24, 2.45) is 11.8 Å². The zero-order valence-corrected chi connectivity index (χ0v) is 8.29. The normalized spacial score (nSPS) is 27.2. The van der Waals surface area contributed by atoms with Gasteiger partial charge >= 0.3 is 5.97 Å². The third kappa shape index (κ3) is 2.87. The smallest absolute Gasteiger partial charge is 0.330 e. The van der Waals surface area contributed by atoms with Gasteiger partial charge in [-0.3, -0.25) is 0 Å². The van der Waals surface area contributed by atoms with Crippen molar-refractivity contribution < 1.29 is 9.53 Å². The molecule has 2 heteroatoms. The molecule has 2 unspecified atom stereocenters. The first kappa shape index (κ1) is 10.3. The first-order chi connectivity index (χ1) is 6.27. The molecule has 2 nitrogen and oxygen atoms in total. The summed E-state index contributed by atoms with van der Waals surface area (Å²) in [4.78, 5) is 10.8. The van der Waals surface area contributed by atoms with Gasteiger partial charge in [0.05, 0.1) is 6.61 Å². The molecule has 0 spiro atoms. The minimum atomic E-state index is -0.290. The van der Waals surface area contributed by atoms with Gasteiger partial charge in [-0.05, 0) is 18.3 Å². The minimum absolute atomic E-state index is 0.290. The Hall–Kier alpha value is -0.790. The Morgan fingerprint density at radius 3 is 2.85 bits per heavy atom. The van der Waals surface area contributed by atoms with Gasteiger partial charge in [-0.25, -0.2) is 4.79 Å². The monoisotopic (exact) mass is 182 g/mol. The molecule has 1 aliphatic rings. The molecule has 0 amide bonds. The first-order valence-corrected chi connectivity index (χ1v) is 5.07. The molecule has 1 aliphatic carbocycles. The van der Waals surface area contributed by atoms with Crippen LogP contribution in [0.3, 0.4) is 0 Å². The first-order valence-electron chi connectivity index (χ1n) is 5.07. The predicted molar refractivity (Wildman–Crippen MR) is 52.3 cm³/mol. The van der Waals surface area contributed by atoms with Crippen LogP contribution < -0.4 is 0 Å². The molecule has 1 rings (SSSR count). The van der Waals surface area contributed by atoms with Crippen molar-refractivity contribution in [3.63, 3.8) is 0 Å². The van der Waals surface area contributed by atoms with E-state index in [2.05, 4.69) is 13.5 Å². The molecule has 13 heavy (non-hydrogen) atoms. The summed E-state index contributed by atoms with van der Waals surface area (Å²) in [5.41, 5.74) is 0. The summed E-state index contributed by atoms with van der Waals surface area (Å²) in [7, 11) is 0. The fourth-order valence-corrected chi connectivity index (χ4v) is 2.12. The Kier molecular flexibility index (Phi) is 4.00. The van der Waals surface area contributed by atoms with Gasteiger partial charge in [-0.1, -0.05) is 32.8 Å². The second kappa shape index (κ2) is 5.05. The number of ether oxygens (including phenoxy) is 1. The SMILES string of the molecule is C=CC(=O)OCC1CCCC1CC. The molecule has 0 aromatic rings. The molecule has 74 valence electrons. The van der Waals surface area contributed by atoms with Crippen molar-refractivity contribution >= 4 is 5.97 Å². The standard InChI is InChI=1S/C11H18O2/c1-3-9-6-5-7-10(9)8-13-11(12)4-2/h4,9-10H,2-3,5-8H2,1H3. The fourth-order valence-electron chi connectivity index (χ4n) is 2.12. The van der Waals surface area contributed by atoms with Gasteiger partial charge in [0.1, 0.15) is 0 Å². The third-order valence-electron chi connectivity index (χ3n) is 2.95. The molecule has 0 aromatic heterocycles. The quantitative estimate of drug-likeness (QED) is 0.493. The molecular formula is C11H18O2. The Balaban J connectivity index is 2.27. The van der Waals surface area contributed by atoms with Crippen molar-refractivity contribution in [2.45, 2.75) is 32.6 Å². The summed E-state index contributed by atoms with van der Waals surface area (Å²) in [6.07, 6.45) is 6.23. The second-order valence-corrected chi connectivity index (χ2v) is 3.69. The van der Waals surface area contributed by atoms with Crippen molar-refractivity contribution in [1.29, 1.82) is 0 Å². The average Bonchev–Trinajstić information content (AvgIpc) is 2.61. The topological polar surface area (TPSA) is 26.3 Å². The summed E-state index contributed by atoms with van der Waals surface area (Å²) in [5.74, 6) is 1.06. The van der Waals surface area contributed by atoms with Gasteiger partial charge < -0.3 is 4.74 Å². The summed E-state index contributed by atoms with van der Waals surface area (Å²) < 4.78 is 5.05. The van der Waals surface area contributed by atoms with Gasteiger partial charge in [0, 0.05) is 6.08 Å². The maximum atomic E-state index is 10.8. The molecule has 1 saturated carbocycles. The lowest BCUT2D eigenvalue weighted by molar-refractivity contribution is -0.139. The van der Waals surface area contributed by atoms with Crippen molar-refractivity contribution in [3.05, 3.63) is 12.7 Å². The van der Waals surface area contributed by atoms with E-state index in [0.29, 0.717) is 12.5 Å². The van der Waals surface area contributed by atoms with Crippen LogP contribution in [-0.2, 0) is 9.53 Å². The van der Waals surface area contributed by atoms with E-state index in [-0.39, 0.29) is 5.97 Å². The molecule has 0 bridgehead atoms. The zero-order valence-electron chi connectivity index (χ0n) is 8.29. The third-order valence-corrected chi connectivity index (χ3v) is 2.95. The molecule has 0 radical (unpaired) electrons. The lowest BCUT2D eigenvalue weighted by Gasteiger charge is -2.16. The molecular weight excluding hydrogens is 164 g/mol. The Labute approximate surface area is 80.0 Å². The van der Waals surface area contributed by atoms with E-state index < -0.39 is 0 Å². The van der Waals surface area contributed by atoms with E-state index in [1.807, 2.05) is 0 Å². The Morgan fingerprint density at radius 2 is 2.23 bits per heavy atom. The van der Waals surface area contributed by atoms with Crippen molar-refractivity contribution in [2.75, 3.05) is 6.61 Å². The predicted octanol–water partition coefficient (Wildman–Crippen LogP) is 2.54. The van der Waals surface area contributed by atoms with Gasteiger partial charge in [-0.2, -0.15) is 0 Å². The van der Waals surface area contributed by atoms with Crippen LogP contribution in [0.4, 0.5) is 0 Å². The number of rotatable bonds is 4. The largest absolute Gasteiger partial charge is 0.462 e. The number of esters is 1. The van der Waals surface area contributed by atoms with Gasteiger partial charge in [0.25, 0.3) is 0 Å².